The van der Waals surface area contributed by atoms with Gasteiger partial charge in [-0.15, -0.1) is 0 Å². The molecule has 2 atom stereocenters. The fourth-order valence-electron chi connectivity index (χ4n) is 3.15. The van der Waals surface area contributed by atoms with Gasteiger partial charge in [0.05, 0.1) is 5.92 Å². The molecule has 1 unspecified atom stereocenters. The Morgan fingerprint density at radius 1 is 1.19 bits per heavy atom. The highest BCUT2D eigenvalue weighted by molar-refractivity contribution is 5.75. The molecule has 116 valence electrons. The van der Waals surface area contributed by atoms with Crippen molar-refractivity contribution in [2.45, 2.75) is 64.5 Å². The van der Waals surface area contributed by atoms with Crippen molar-refractivity contribution in [3.8, 4) is 0 Å². The number of benzene rings is 1. The summed E-state index contributed by atoms with van der Waals surface area (Å²) in [5.41, 5.74) is 2.09. The summed E-state index contributed by atoms with van der Waals surface area (Å²) in [5, 5.41) is 12.6. The van der Waals surface area contributed by atoms with E-state index in [9.17, 15) is 4.79 Å². The van der Waals surface area contributed by atoms with Crippen LogP contribution in [0.25, 0.3) is 0 Å². The van der Waals surface area contributed by atoms with Crippen molar-refractivity contribution in [1.82, 2.24) is 5.32 Å². The van der Waals surface area contributed by atoms with Crippen molar-refractivity contribution in [3.63, 3.8) is 0 Å². The first-order valence-electron chi connectivity index (χ1n) is 8.13. The van der Waals surface area contributed by atoms with Gasteiger partial charge in [-0.2, -0.15) is 0 Å². The largest absolute Gasteiger partial charge is 0.481 e. The number of rotatable bonds is 6. The summed E-state index contributed by atoms with van der Waals surface area (Å²) < 4.78 is 0. The van der Waals surface area contributed by atoms with Crippen molar-refractivity contribution < 1.29 is 9.90 Å². The molecule has 1 aliphatic rings. The lowest BCUT2D eigenvalue weighted by atomic mass is 9.84. The van der Waals surface area contributed by atoms with Crippen molar-refractivity contribution in [3.05, 3.63) is 35.4 Å². The summed E-state index contributed by atoms with van der Waals surface area (Å²) in [7, 11) is 0. The molecule has 2 rings (SSSR count). The second kappa shape index (κ2) is 7.60. The van der Waals surface area contributed by atoms with Gasteiger partial charge >= 0.3 is 5.97 Å². The highest BCUT2D eigenvalue weighted by Crippen LogP contribution is 2.26. The van der Waals surface area contributed by atoms with Gasteiger partial charge in [-0.05, 0) is 43.7 Å². The van der Waals surface area contributed by atoms with Gasteiger partial charge in [0.25, 0.3) is 0 Å². The Kier molecular flexibility index (Phi) is 5.80. The quantitative estimate of drug-likeness (QED) is 0.834. The molecule has 0 amide bonds. The Morgan fingerprint density at radius 2 is 1.81 bits per heavy atom. The minimum absolute atomic E-state index is 0.437. The van der Waals surface area contributed by atoms with Crippen molar-refractivity contribution >= 4 is 5.97 Å². The molecule has 1 saturated carbocycles. The summed E-state index contributed by atoms with van der Waals surface area (Å²) >= 11 is 0. The van der Waals surface area contributed by atoms with E-state index in [0.717, 1.165) is 18.0 Å². The number of carboxylic acid groups (broad SMARTS) is 1. The topological polar surface area (TPSA) is 49.3 Å². The Hall–Kier alpha value is -1.35. The first-order chi connectivity index (χ1) is 10.1. The second-order valence-electron chi connectivity index (χ2n) is 6.37. The Balaban J connectivity index is 1.84. The fourth-order valence-corrected chi connectivity index (χ4v) is 3.15. The molecule has 0 heterocycles. The van der Waals surface area contributed by atoms with Crippen LogP contribution in [0.15, 0.2) is 24.3 Å². The third-order valence-corrected chi connectivity index (χ3v) is 4.84. The van der Waals surface area contributed by atoms with Crippen molar-refractivity contribution in [2.24, 2.45) is 5.92 Å². The molecular formula is C18H27NO2. The van der Waals surface area contributed by atoms with E-state index in [-0.39, 0.29) is 0 Å². The van der Waals surface area contributed by atoms with Crippen LogP contribution in [0.1, 0.15) is 63.0 Å². The van der Waals surface area contributed by atoms with Crippen LogP contribution >= 0.6 is 0 Å². The lowest BCUT2D eigenvalue weighted by molar-refractivity contribution is -0.138. The third kappa shape index (κ3) is 4.57. The zero-order valence-corrected chi connectivity index (χ0v) is 13.1. The van der Waals surface area contributed by atoms with E-state index in [4.69, 9.17) is 5.11 Å². The fraction of sp³-hybridized carbons (Fsp3) is 0.611. The minimum Gasteiger partial charge on any atom is -0.481 e. The number of carbonyl (C=O) groups is 1. The molecule has 0 aromatic heterocycles. The molecule has 0 bridgehead atoms. The average molecular weight is 289 g/mol. The van der Waals surface area contributed by atoms with Crippen LogP contribution in [0.5, 0.6) is 0 Å². The number of hydrogen-bond donors (Lipinski definition) is 2. The minimum atomic E-state index is -0.771. The van der Waals surface area contributed by atoms with Crippen LogP contribution in [-0.2, 0) is 11.3 Å². The molecule has 0 aliphatic heterocycles. The average Bonchev–Trinajstić information content (AvgIpc) is 2.53. The van der Waals surface area contributed by atoms with Crippen LogP contribution in [0.3, 0.4) is 0 Å². The molecule has 1 aromatic rings. The summed E-state index contributed by atoms with van der Waals surface area (Å²) in [6.45, 7) is 4.87. The Labute approximate surface area is 127 Å². The zero-order chi connectivity index (χ0) is 15.2. The molecule has 3 heteroatoms. The van der Waals surface area contributed by atoms with E-state index in [0.29, 0.717) is 6.04 Å². The summed E-state index contributed by atoms with van der Waals surface area (Å²) in [4.78, 5) is 11.0. The zero-order valence-electron chi connectivity index (χ0n) is 13.1. The predicted octanol–water partition coefficient (Wildman–Crippen LogP) is 3.93. The first kappa shape index (κ1) is 16.0. The molecule has 0 radical (unpaired) electrons. The summed E-state index contributed by atoms with van der Waals surface area (Å²) in [5.74, 6) is -0.398. The maximum atomic E-state index is 11.0. The van der Waals surface area contributed by atoms with Gasteiger partial charge in [0.2, 0.25) is 0 Å². The molecular weight excluding hydrogens is 262 g/mol. The summed E-state index contributed by atoms with van der Waals surface area (Å²) in [6, 6.07) is 8.50. The summed E-state index contributed by atoms with van der Waals surface area (Å²) in [6.07, 6.45) is 6.84. The normalized spacial score (nSPS) is 19.1. The molecule has 1 aromatic carbocycles. The smallest absolute Gasteiger partial charge is 0.310 e. The molecule has 3 nitrogen and oxygen atoms in total. The van der Waals surface area contributed by atoms with Crippen LogP contribution in [-0.4, -0.2) is 17.1 Å². The van der Waals surface area contributed by atoms with Gasteiger partial charge in [0.15, 0.2) is 0 Å². The molecule has 0 spiro atoms. The van der Waals surface area contributed by atoms with Gasteiger partial charge < -0.3 is 10.4 Å². The number of aliphatic carboxylic acids is 1. The van der Waals surface area contributed by atoms with Gasteiger partial charge in [-0.1, -0.05) is 43.5 Å². The molecule has 1 fully saturated rings. The SMILES string of the molecule is CC(C(=O)O)c1ccc(CN[C@@H](C)C2CCCCC2)cc1. The maximum absolute atomic E-state index is 11.0. The Bertz CT molecular complexity index is 449. The number of hydrogen-bond acceptors (Lipinski definition) is 2. The van der Waals surface area contributed by atoms with E-state index in [1.807, 2.05) is 24.3 Å². The monoisotopic (exact) mass is 289 g/mol. The molecule has 21 heavy (non-hydrogen) atoms. The van der Waals surface area contributed by atoms with Crippen molar-refractivity contribution in [1.29, 1.82) is 0 Å². The lowest BCUT2D eigenvalue weighted by Crippen LogP contribution is -2.34. The van der Waals surface area contributed by atoms with Gasteiger partial charge in [-0.25, -0.2) is 0 Å². The van der Waals surface area contributed by atoms with Crippen molar-refractivity contribution in [2.75, 3.05) is 0 Å². The van der Waals surface area contributed by atoms with E-state index < -0.39 is 11.9 Å². The van der Waals surface area contributed by atoms with Gasteiger partial charge in [-0.3, -0.25) is 4.79 Å². The highest BCUT2D eigenvalue weighted by atomic mass is 16.4. The first-order valence-corrected chi connectivity index (χ1v) is 8.13. The van der Waals surface area contributed by atoms with Crippen LogP contribution in [0.2, 0.25) is 0 Å². The molecule has 1 aliphatic carbocycles. The van der Waals surface area contributed by atoms with Crippen LogP contribution in [0, 0.1) is 5.92 Å². The van der Waals surface area contributed by atoms with E-state index >= 15 is 0 Å². The Morgan fingerprint density at radius 3 is 2.38 bits per heavy atom. The highest BCUT2D eigenvalue weighted by Gasteiger charge is 2.19. The van der Waals surface area contributed by atoms with Gasteiger partial charge in [0.1, 0.15) is 0 Å². The maximum Gasteiger partial charge on any atom is 0.310 e. The molecule has 0 saturated heterocycles. The van der Waals surface area contributed by atoms with E-state index in [1.165, 1.54) is 37.7 Å². The van der Waals surface area contributed by atoms with Gasteiger partial charge in [0, 0.05) is 12.6 Å². The number of nitrogens with one attached hydrogen (secondary N) is 1. The van der Waals surface area contributed by atoms with E-state index in [2.05, 4.69) is 12.2 Å². The lowest BCUT2D eigenvalue weighted by Gasteiger charge is -2.28. The second-order valence-corrected chi connectivity index (χ2v) is 6.37. The standard InChI is InChI=1S/C18H27NO2/c1-13(18(20)21)16-10-8-15(9-11-16)12-19-14(2)17-6-4-3-5-7-17/h8-11,13-14,17,19H,3-7,12H2,1-2H3,(H,20,21)/t13?,14-/m0/s1. The van der Waals surface area contributed by atoms with Crippen LogP contribution in [0.4, 0.5) is 0 Å². The van der Waals surface area contributed by atoms with Crippen LogP contribution < -0.4 is 5.32 Å². The predicted molar refractivity (Wildman–Crippen MR) is 85.4 cm³/mol. The van der Waals surface area contributed by atoms with E-state index in [1.54, 1.807) is 6.92 Å². The third-order valence-electron chi connectivity index (χ3n) is 4.84. The molecule has 2 N–H and O–H groups in total. The number of carboxylic acids is 1.